The van der Waals surface area contributed by atoms with E-state index in [1.807, 2.05) is 6.92 Å². The van der Waals surface area contributed by atoms with E-state index in [1.165, 1.54) is 0 Å². The van der Waals surface area contributed by atoms with Gasteiger partial charge in [-0.3, -0.25) is 0 Å². The molecule has 0 aliphatic carbocycles. The van der Waals surface area contributed by atoms with Gasteiger partial charge in [-0.1, -0.05) is 13.3 Å². The summed E-state index contributed by atoms with van der Waals surface area (Å²) in [6.45, 7) is 4.13. The van der Waals surface area contributed by atoms with E-state index in [0.29, 0.717) is 13.0 Å². The van der Waals surface area contributed by atoms with Crippen molar-refractivity contribution in [3.63, 3.8) is 0 Å². The lowest BCUT2D eigenvalue weighted by molar-refractivity contribution is -0.219. The molecule has 6 nitrogen and oxygen atoms in total. The van der Waals surface area contributed by atoms with Gasteiger partial charge in [0.05, 0.1) is 18.8 Å². The molecule has 1 saturated heterocycles. The Bertz CT molecular complexity index is 248. The summed E-state index contributed by atoms with van der Waals surface area (Å²) in [5.74, 6) is 0. The molecular formula is C11H21NO5. The third kappa shape index (κ3) is 4.49. The zero-order valence-electron chi connectivity index (χ0n) is 10.3. The van der Waals surface area contributed by atoms with Gasteiger partial charge in [-0.05, 0) is 19.8 Å². The lowest BCUT2D eigenvalue weighted by Gasteiger charge is -2.35. The first-order valence-corrected chi connectivity index (χ1v) is 5.99. The molecule has 1 aliphatic rings. The molecule has 1 amide bonds. The van der Waals surface area contributed by atoms with Crippen molar-refractivity contribution in [3.05, 3.63) is 0 Å². The van der Waals surface area contributed by atoms with Crippen LogP contribution >= 0.6 is 0 Å². The summed E-state index contributed by atoms with van der Waals surface area (Å²) in [5, 5.41) is 21.5. The molecule has 1 heterocycles. The highest BCUT2D eigenvalue weighted by atomic mass is 16.6. The average molecular weight is 247 g/mol. The highest BCUT2D eigenvalue weighted by molar-refractivity contribution is 5.67. The lowest BCUT2D eigenvalue weighted by Crippen LogP contribution is -2.55. The van der Waals surface area contributed by atoms with Crippen LogP contribution in [0.4, 0.5) is 4.79 Å². The molecule has 0 spiro atoms. The van der Waals surface area contributed by atoms with E-state index >= 15 is 0 Å². The Morgan fingerprint density at radius 2 is 2.24 bits per heavy atom. The number of aliphatic hydroxyl groups excluding tert-OH is 2. The maximum Gasteiger partial charge on any atom is 0.407 e. The summed E-state index contributed by atoms with van der Waals surface area (Å²) >= 11 is 0. The highest BCUT2D eigenvalue weighted by Crippen LogP contribution is 2.18. The number of hydrogen-bond acceptors (Lipinski definition) is 5. The number of unbranched alkanes of at least 4 members (excludes halogenated alkanes) is 1. The molecule has 0 aromatic heterocycles. The number of hydrogen-bond donors (Lipinski definition) is 3. The number of aliphatic hydroxyl groups is 2. The van der Waals surface area contributed by atoms with Crippen molar-refractivity contribution >= 4 is 6.09 Å². The number of ether oxygens (including phenoxy) is 2. The molecule has 2 unspecified atom stereocenters. The van der Waals surface area contributed by atoms with Crippen molar-refractivity contribution in [1.29, 1.82) is 0 Å². The summed E-state index contributed by atoms with van der Waals surface area (Å²) in [6, 6.07) is -0.539. The first kappa shape index (κ1) is 14.2. The summed E-state index contributed by atoms with van der Waals surface area (Å²) in [5.41, 5.74) is 0. The summed E-state index contributed by atoms with van der Waals surface area (Å²) in [6.07, 6.45) is -0.963. The minimum absolute atomic E-state index is 0.214. The van der Waals surface area contributed by atoms with Crippen LogP contribution in [0.15, 0.2) is 0 Å². The van der Waals surface area contributed by atoms with E-state index in [4.69, 9.17) is 9.47 Å². The first-order valence-electron chi connectivity index (χ1n) is 5.99. The van der Waals surface area contributed by atoms with Crippen LogP contribution in [0, 0.1) is 0 Å². The Hall–Kier alpha value is -0.850. The number of amides is 1. The Kier molecular flexibility index (Phi) is 5.67. The van der Waals surface area contributed by atoms with Crippen LogP contribution in [0.2, 0.25) is 0 Å². The molecule has 4 atom stereocenters. The Labute approximate surface area is 101 Å². The van der Waals surface area contributed by atoms with E-state index in [1.54, 1.807) is 6.92 Å². The molecule has 1 fully saturated rings. The summed E-state index contributed by atoms with van der Waals surface area (Å²) < 4.78 is 9.94. The third-order valence-corrected chi connectivity index (χ3v) is 2.70. The van der Waals surface area contributed by atoms with Crippen molar-refractivity contribution in [2.75, 3.05) is 6.61 Å². The number of carbonyl (C=O) groups is 1. The predicted molar refractivity (Wildman–Crippen MR) is 60.4 cm³/mol. The van der Waals surface area contributed by atoms with E-state index in [9.17, 15) is 15.0 Å². The van der Waals surface area contributed by atoms with Crippen molar-refractivity contribution in [2.45, 2.75) is 57.6 Å². The van der Waals surface area contributed by atoms with Crippen LogP contribution in [0.1, 0.15) is 33.1 Å². The molecule has 0 aromatic rings. The second-order valence-electron chi connectivity index (χ2n) is 4.30. The van der Waals surface area contributed by atoms with Crippen molar-refractivity contribution in [2.24, 2.45) is 0 Å². The number of rotatable bonds is 4. The quantitative estimate of drug-likeness (QED) is 0.625. The van der Waals surface area contributed by atoms with Gasteiger partial charge in [-0.25, -0.2) is 4.79 Å². The van der Waals surface area contributed by atoms with Crippen molar-refractivity contribution in [3.8, 4) is 0 Å². The van der Waals surface area contributed by atoms with Gasteiger partial charge in [0.1, 0.15) is 6.10 Å². The summed E-state index contributed by atoms with van der Waals surface area (Å²) in [4.78, 5) is 11.4. The normalized spacial score (nSPS) is 33.2. The Morgan fingerprint density at radius 1 is 1.53 bits per heavy atom. The van der Waals surface area contributed by atoms with Gasteiger partial charge in [-0.15, -0.1) is 0 Å². The van der Waals surface area contributed by atoms with Crippen LogP contribution < -0.4 is 5.32 Å². The fourth-order valence-electron chi connectivity index (χ4n) is 1.72. The van der Waals surface area contributed by atoms with Gasteiger partial charge in [0.2, 0.25) is 0 Å². The number of alkyl carbamates (subject to hydrolysis) is 1. The molecule has 0 saturated carbocycles. The zero-order valence-corrected chi connectivity index (χ0v) is 10.3. The molecule has 3 N–H and O–H groups in total. The second-order valence-corrected chi connectivity index (χ2v) is 4.30. The lowest BCUT2D eigenvalue weighted by atomic mass is 10.0. The van der Waals surface area contributed by atoms with Crippen LogP contribution in [-0.4, -0.2) is 47.5 Å². The van der Waals surface area contributed by atoms with E-state index in [-0.39, 0.29) is 6.10 Å². The maximum absolute atomic E-state index is 11.4. The topological polar surface area (TPSA) is 88.0 Å². The fraction of sp³-hybridized carbons (Fsp3) is 0.909. The highest BCUT2D eigenvalue weighted by Gasteiger charge is 2.36. The minimum Gasteiger partial charge on any atom is -0.450 e. The standard InChI is InChI=1S/C11H21NO5/c1-3-4-5-16-11(15)12-8-6-7(2)17-10(14)9(8)13/h7-10,13-14H,3-6H2,1-2H3,(H,12,15)/t7-,8?,9?,10-/m1/s1. The molecular weight excluding hydrogens is 226 g/mol. The SMILES string of the molecule is CCCCOC(=O)NC1C[C@@H](C)O[C@@H](O)C1O. The van der Waals surface area contributed by atoms with Gasteiger partial charge < -0.3 is 25.0 Å². The minimum atomic E-state index is -1.26. The largest absolute Gasteiger partial charge is 0.450 e. The third-order valence-electron chi connectivity index (χ3n) is 2.70. The van der Waals surface area contributed by atoms with E-state index in [0.717, 1.165) is 12.8 Å². The molecule has 0 bridgehead atoms. The number of carbonyl (C=O) groups excluding carboxylic acids is 1. The molecule has 0 radical (unpaired) electrons. The van der Waals surface area contributed by atoms with Gasteiger partial charge in [0, 0.05) is 0 Å². The van der Waals surface area contributed by atoms with Crippen LogP contribution in [-0.2, 0) is 9.47 Å². The van der Waals surface area contributed by atoms with E-state index in [2.05, 4.69) is 5.32 Å². The fourth-order valence-corrected chi connectivity index (χ4v) is 1.72. The maximum atomic E-state index is 11.4. The second kappa shape index (κ2) is 6.78. The van der Waals surface area contributed by atoms with Crippen LogP contribution in [0.3, 0.4) is 0 Å². The average Bonchev–Trinajstić information content (AvgIpc) is 2.25. The van der Waals surface area contributed by atoms with Crippen molar-refractivity contribution < 1.29 is 24.5 Å². The smallest absolute Gasteiger partial charge is 0.407 e. The van der Waals surface area contributed by atoms with Gasteiger partial charge in [-0.2, -0.15) is 0 Å². The first-order chi connectivity index (χ1) is 8.04. The molecule has 6 heteroatoms. The summed E-state index contributed by atoms with van der Waals surface area (Å²) in [7, 11) is 0. The zero-order chi connectivity index (χ0) is 12.8. The Morgan fingerprint density at radius 3 is 2.88 bits per heavy atom. The van der Waals surface area contributed by atoms with Crippen LogP contribution in [0.25, 0.3) is 0 Å². The monoisotopic (exact) mass is 247 g/mol. The van der Waals surface area contributed by atoms with Gasteiger partial charge in [0.15, 0.2) is 6.29 Å². The molecule has 17 heavy (non-hydrogen) atoms. The molecule has 1 aliphatic heterocycles. The molecule has 1 rings (SSSR count). The van der Waals surface area contributed by atoms with Gasteiger partial charge >= 0.3 is 6.09 Å². The van der Waals surface area contributed by atoms with Crippen molar-refractivity contribution in [1.82, 2.24) is 5.32 Å². The van der Waals surface area contributed by atoms with E-state index < -0.39 is 24.5 Å². The predicted octanol–water partition coefficient (Wildman–Crippen LogP) is 0.369. The van der Waals surface area contributed by atoms with Crippen LogP contribution in [0.5, 0.6) is 0 Å². The molecule has 0 aromatic carbocycles. The number of nitrogens with one attached hydrogen (secondary N) is 1. The van der Waals surface area contributed by atoms with Gasteiger partial charge in [0.25, 0.3) is 0 Å². The molecule has 100 valence electrons. The Balaban J connectivity index is 2.35.